The maximum Gasteiger partial charge on any atom is 0.354 e. The van der Waals surface area contributed by atoms with Gasteiger partial charge < -0.3 is 9.84 Å². The lowest BCUT2D eigenvalue weighted by molar-refractivity contribution is 0.0690. The van der Waals surface area contributed by atoms with E-state index in [1.54, 1.807) is 25.3 Å². The zero-order valence-corrected chi connectivity index (χ0v) is 11.0. The van der Waals surface area contributed by atoms with Gasteiger partial charge in [0, 0.05) is 12.1 Å². The third kappa shape index (κ3) is 2.25. The number of benzene rings is 1. The molecule has 21 heavy (non-hydrogen) atoms. The van der Waals surface area contributed by atoms with Gasteiger partial charge in [-0.25, -0.2) is 14.3 Å². The van der Waals surface area contributed by atoms with Gasteiger partial charge in [0.05, 0.1) is 12.8 Å². The number of carboxylic acid groups (broad SMARTS) is 1. The lowest BCUT2D eigenvalue weighted by Gasteiger charge is -2.00. The van der Waals surface area contributed by atoms with E-state index < -0.39 is 11.5 Å². The van der Waals surface area contributed by atoms with Crippen LogP contribution < -0.4 is 10.3 Å². The van der Waals surface area contributed by atoms with E-state index in [1.165, 1.54) is 4.52 Å². The van der Waals surface area contributed by atoms with Crippen LogP contribution in [0, 0.1) is 0 Å². The molecule has 0 saturated carbocycles. The predicted octanol–water partition coefficient (Wildman–Crippen LogP) is 1.40. The molecule has 0 radical (unpaired) electrons. The van der Waals surface area contributed by atoms with Crippen molar-refractivity contribution in [2.75, 3.05) is 7.11 Å². The van der Waals surface area contributed by atoms with Crippen molar-refractivity contribution in [3.63, 3.8) is 0 Å². The highest BCUT2D eigenvalue weighted by Crippen LogP contribution is 2.21. The molecular weight excluding hydrogens is 274 g/mol. The molecule has 0 aliphatic rings. The fraction of sp³-hybridized carbons (Fsp3) is 0.0714. The summed E-state index contributed by atoms with van der Waals surface area (Å²) in [5.41, 5.74) is 0.991. The molecule has 0 aliphatic heterocycles. The van der Waals surface area contributed by atoms with E-state index >= 15 is 0 Å². The number of hydrogen-bond donors (Lipinski definition) is 2. The average molecular weight is 285 g/mol. The summed E-state index contributed by atoms with van der Waals surface area (Å²) < 4.78 is 6.28. The van der Waals surface area contributed by atoms with Crippen molar-refractivity contribution < 1.29 is 14.6 Å². The number of carbonyl (C=O) groups is 1. The highest BCUT2D eigenvalue weighted by Gasteiger charge is 2.11. The molecule has 0 amide bonds. The number of hydrogen-bond acceptors (Lipinski definition) is 4. The van der Waals surface area contributed by atoms with E-state index in [9.17, 15) is 9.59 Å². The second-order valence-electron chi connectivity index (χ2n) is 4.38. The summed E-state index contributed by atoms with van der Waals surface area (Å²) >= 11 is 0. The highest BCUT2D eigenvalue weighted by molar-refractivity contribution is 5.85. The van der Waals surface area contributed by atoms with Crippen molar-refractivity contribution in [3.8, 4) is 17.0 Å². The van der Waals surface area contributed by atoms with Gasteiger partial charge in [0.1, 0.15) is 5.75 Å². The van der Waals surface area contributed by atoms with Crippen LogP contribution in [0.4, 0.5) is 0 Å². The van der Waals surface area contributed by atoms with E-state index in [0.29, 0.717) is 5.69 Å². The number of aromatic amines is 1. The molecule has 0 fully saturated rings. The van der Waals surface area contributed by atoms with Crippen molar-refractivity contribution in [3.05, 3.63) is 52.4 Å². The molecule has 2 heterocycles. The predicted molar refractivity (Wildman–Crippen MR) is 74.8 cm³/mol. The molecule has 0 saturated heterocycles. The van der Waals surface area contributed by atoms with Gasteiger partial charge in [0.15, 0.2) is 11.3 Å². The molecule has 0 atom stereocenters. The quantitative estimate of drug-likeness (QED) is 0.758. The van der Waals surface area contributed by atoms with Crippen LogP contribution in [0.25, 0.3) is 16.9 Å². The zero-order valence-electron chi connectivity index (χ0n) is 11.0. The van der Waals surface area contributed by atoms with Crippen LogP contribution >= 0.6 is 0 Å². The van der Waals surface area contributed by atoms with Gasteiger partial charge in [-0.1, -0.05) is 0 Å². The fourth-order valence-electron chi connectivity index (χ4n) is 2.02. The van der Waals surface area contributed by atoms with Gasteiger partial charge in [-0.2, -0.15) is 0 Å². The molecule has 1 aromatic carbocycles. The van der Waals surface area contributed by atoms with Crippen LogP contribution in [-0.2, 0) is 0 Å². The first-order valence-corrected chi connectivity index (χ1v) is 6.09. The number of H-pyrrole nitrogens is 1. The molecule has 7 nitrogen and oxygen atoms in total. The van der Waals surface area contributed by atoms with E-state index in [1.807, 2.05) is 12.1 Å². The maximum absolute atomic E-state index is 11.9. The fourth-order valence-corrected chi connectivity index (χ4v) is 2.02. The molecular formula is C14H11N3O4. The van der Waals surface area contributed by atoms with Gasteiger partial charge in [0.25, 0.3) is 5.56 Å². The lowest BCUT2D eigenvalue weighted by Crippen LogP contribution is -2.17. The average Bonchev–Trinajstić information content (AvgIpc) is 2.92. The van der Waals surface area contributed by atoms with Gasteiger partial charge in [-0.05, 0) is 29.8 Å². The molecule has 3 aromatic rings. The Morgan fingerprint density at radius 2 is 2.00 bits per heavy atom. The van der Waals surface area contributed by atoms with Gasteiger partial charge >= 0.3 is 5.97 Å². The third-order valence-corrected chi connectivity index (χ3v) is 3.07. The molecule has 2 aromatic heterocycles. The van der Waals surface area contributed by atoms with Crippen molar-refractivity contribution in [2.24, 2.45) is 0 Å². The van der Waals surface area contributed by atoms with Crippen molar-refractivity contribution in [1.82, 2.24) is 14.6 Å². The number of nitrogens with one attached hydrogen (secondary N) is 1. The first kappa shape index (κ1) is 12.9. The van der Waals surface area contributed by atoms with E-state index in [4.69, 9.17) is 9.84 Å². The van der Waals surface area contributed by atoms with Crippen LogP contribution in [0.1, 0.15) is 10.5 Å². The van der Waals surface area contributed by atoms with Crippen LogP contribution in [0.2, 0.25) is 0 Å². The minimum absolute atomic E-state index is 0.255. The highest BCUT2D eigenvalue weighted by atomic mass is 16.5. The van der Waals surface area contributed by atoms with E-state index in [2.05, 4.69) is 10.1 Å². The third-order valence-electron chi connectivity index (χ3n) is 3.07. The summed E-state index contributed by atoms with van der Waals surface area (Å²) in [6, 6.07) is 9.83. The Labute approximate surface area is 118 Å². The van der Waals surface area contributed by atoms with Crippen LogP contribution in [0.5, 0.6) is 5.75 Å². The van der Waals surface area contributed by atoms with E-state index in [-0.39, 0.29) is 11.3 Å². The Hall–Kier alpha value is -3.09. The first-order chi connectivity index (χ1) is 10.1. The second kappa shape index (κ2) is 4.78. The van der Waals surface area contributed by atoms with Gasteiger partial charge in [0.2, 0.25) is 0 Å². The van der Waals surface area contributed by atoms with Gasteiger partial charge in [-0.3, -0.25) is 9.89 Å². The zero-order chi connectivity index (χ0) is 15.0. The Kier molecular flexibility index (Phi) is 2.94. The standard InChI is InChI=1S/C14H11N3O4/c1-21-9-4-2-8(3-5-9)10-6-12-15-11(14(19)20)7-13(18)17(12)16-10/h2-7,16H,1H3,(H,19,20). The van der Waals surface area contributed by atoms with Crippen molar-refractivity contribution >= 4 is 11.6 Å². The van der Waals surface area contributed by atoms with Crippen LogP contribution in [0.15, 0.2) is 41.2 Å². The van der Waals surface area contributed by atoms with Crippen LogP contribution in [0.3, 0.4) is 0 Å². The Bertz CT molecular complexity index is 877. The number of carboxylic acids is 1. The Morgan fingerprint density at radius 1 is 1.29 bits per heavy atom. The summed E-state index contributed by atoms with van der Waals surface area (Å²) in [5, 5.41) is 11.8. The molecule has 0 bridgehead atoms. The van der Waals surface area contributed by atoms with E-state index in [0.717, 1.165) is 17.4 Å². The summed E-state index contributed by atoms with van der Waals surface area (Å²) in [5.74, 6) is -0.514. The molecule has 3 rings (SSSR count). The number of aromatic carboxylic acids is 1. The van der Waals surface area contributed by atoms with Gasteiger partial charge in [-0.15, -0.1) is 0 Å². The molecule has 0 aliphatic carbocycles. The molecule has 2 N–H and O–H groups in total. The van der Waals surface area contributed by atoms with Crippen molar-refractivity contribution in [2.45, 2.75) is 0 Å². The summed E-state index contributed by atoms with van der Waals surface area (Å²) in [6.45, 7) is 0. The number of methoxy groups -OCH3 is 1. The topological polar surface area (TPSA) is 96.7 Å². The Morgan fingerprint density at radius 3 is 2.62 bits per heavy atom. The number of aromatic nitrogens is 3. The molecule has 106 valence electrons. The number of fused-ring (bicyclic) bond motifs is 1. The Balaban J connectivity index is 2.14. The summed E-state index contributed by atoms with van der Waals surface area (Å²) in [6.07, 6.45) is 0. The SMILES string of the molecule is COc1ccc(-c2cc3nc(C(=O)O)cc(=O)n3[nH]2)cc1. The summed E-state index contributed by atoms with van der Waals surface area (Å²) in [7, 11) is 1.58. The largest absolute Gasteiger partial charge is 0.497 e. The molecule has 7 heteroatoms. The first-order valence-electron chi connectivity index (χ1n) is 6.09. The number of nitrogens with zero attached hydrogens (tertiary/aromatic N) is 2. The van der Waals surface area contributed by atoms with Crippen LogP contribution in [-0.4, -0.2) is 32.8 Å². The minimum atomic E-state index is -1.23. The smallest absolute Gasteiger partial charge is 0.354 e. The normalized spacial score (nSPS) is 10.7. The number of rotatable bonds is 3. The molecule has 0 spiro atoms. The lowest BCUT2D eigenvalue weighted by atomic mass is 10.1. The second-order valence-corrected chi connectivity index (χ2v) is 4.38. The minimum Gasteiger partial charge on any atom is -0.497 e. The molecule has 0 unspecified atom stereocenters. The van der Waals surface area contributed by atoms with Crippen molar-refractivity contribution in [1.29, 1.82) is 0 Å². The monoisotopic (exact) mass is 285 g/mol. The number of ether oxygens (including phenoxy) is 1. The summed E-state index contributed by atoms with van der Waals surface area (Å²) in [4.78, 5) is 26.7. The maximum atomic E-state index is 11.9.